The quantitative estimate of drug-likeness (QED) is 0.844. The van der Waals surface area contributed by atoms with Crippen LogP contribution in [-0.4, -0.2) is 21.6 Å². The zero-order valence-electron chi connectivity index (χ0n) is 9.55. The molecule has 0 saturated heterocycles. The maximum absolute atomic E-state index is 5.39. The predicted octanol–water partition coefficient (Wildman–Crippen LogP) is 2.54. The second-order valence-corrected chi connectivity index (χ2v) is 4.92. The Morgan fingerprint density at radius 3 is 2.94 bits per heavy atom. The number of aromatic amines is 1. The second-order valence-electron chi connectivity index (χ2n) is 4.53. The third-order valence-corrected chi connectivity index (χ3v) is 3.53. The lowest BCUT2D eigenvalue weighted by Crippen LogP contribution is -2.00. The van der Waals surface area contributed by atoms with Crippen molar-refractivity contribution >= 4 is 12.2 Å². The summed E-state index contributed by atoms with van der Waals surface area (Å²) in [6.07, 6.45) is 2.37. The van der Waals surface area contributed by atoms with E-state index in [1.807, 2.05) is 22.8 Å². The topological polar surface area (TPSA) is 52.1 Å². The number of rotatable bonds is 2. The molecular weight excluding hydrogens is 250 g/mol. The monoisotopic (exact) mass is 261 g/mol. The summed E-state index contributed by atoms with van der Waals surface area (Å²) in [5.41, 5.74) is 0.972. The van der Waals surface area contributed by atoms with Crippen LogP contribution in [0, 0.1) is 4.77 Å². The lowest BCUT2D eigenvalue weighted by atomic mass is 10.2. The van der Waals surface area contributed by atoms with Gasteiger partial charge >= 0.3 is 0 Å². The Balaban J connectivity index is 1.87. The van der Waals surface area contributed by atoms with E-state index in [0.29, 0.717) is 10.7 Å². The Bertz CT molecular complexity index is 672. The number of nitrogens with one attached hydrogen (secondary N) is 1. The number of ether oxygens (including phenoxy) is 2. The maximum Gasteiger partial charge on any atom is 0.231 e. The van der Waals surface area contributed by atoms with Crippen molar-refractivity contribution in [3.8, 4) is 17.2 Å². The molecule has 4 rings (SSSR count). The molecule has 1 aliphatic carbocycles. The average molecular weight is 261 g/mol. The molecule has 2 heterocycles. The average Bonchev–Trinajstić information content (AvgIpc) is 2.99. The highest BCUT2D eigenvalue weighted by atomic mass is 32.1. The van der Waals surface area contributed by atoms with E-state index in [9.17, 15) is 0 Å². The predicted molar refractivity (Wildman–Crippen MR) is 66.8 cm³/mol. The SMILES string of the molecule is S=c1[nH]nc(C2CC2)n1-c1ccc2c(c1)OCO2. The molecule has 5 nitrogen and oxygen atoms in total. The van der Waals surface area contributed by atoms with Crippen molar-refractivity contribution in [3.05, 3.63) is 28.8 Å². The maximum atomic E-state index is 5.39. The van der Waals surface area contributed by atoms with E-state index in [-0.39, 0.29) is 6.79 Å². The largest absolute Gasteiger partial charge is 0.454 e. The van der Waals surface area contributed by atoms with Crippen molar-refractivity contribution in [3.63, 3.8) is 0 Å². The highest BCUT2D eigenvalue weighted by Crippen LogP contribution is 2.40. The fraction of sp³-hybridized carbons (Fsp3) is 0.333. The zero-order valence-corrected chi connectivity index (χ0v) is 10.4. The highest BCUT2D eigenvalue weighted by molar-refractivity contribution is 7.71. The molecule has 0 spiro atoms. The van der Waals surface area contributed by atoms with Gasteiger partial charge in [0.15, 0.2) is 16.3 Å². The van der Waals surface area contributed by atoms with Crippen LogP contribution in [0.15, 0.2) is 18.2 Å². The first kappa shape index (κ1) is 10.1. The molecule has 6 heteroatoms. The van der Waals surface area contributed by atoms with Crippen molar-refractivity contribution in [2.75, 3.05) is 6.79 Å². The Morgan fingerprint density at radius 1 is 1.28 bits per heavy atom. The van der Waals surface area contributed by atoms with Crippen LogP contribution in [0.4, 0.5) is 0 Å². The van der Waals surface area contributed by atoms with Gasteiger partial charge in [-0.3, -0.25) is 9.67 Å². The van der Waals surface area contributed by atoms with Gasteiger partial charge in [0, 0.05) is 12.0 Å². The van der Waals surface area contributed by atoms with Crippen molar-refractivity contribution in [2.24, 2.45) is 0 Å². The van der Waals surface area contributed by atoms with E-state index in [4.69, 9.17) is 21.7 Å². The van der Waals surface area contributed by atoms with Gasteiger partial charge in [-0.15, -0.1) is 0 Å². The number of aromatic nitrogens is 3. The minimum Gasteiger partial charge on any atom is -0.454 e. The van der Waals surface area contributed by atoms with E-state index < -0.39 is 0 Å². The van der Waals surface area contributed by atoms with Crippen LogP contribution in [0.3, 0.4) is 0 Å². The van der Waals surface area contributed by atoms with Gasteiger partial charge in [0.05, 0.1) is 5.69 Å². The Kier molecular flexibility index (Phi) is 2.02. The Hall–Kier alpha value is -1.82. The lowest BCUT2D eigenvalue weighted by Gasteiger charge is -2.06. The molecule has 1 aromatic heterocycles. The molecule has 1 N–H and O–H groups in total. The number of hydrogen-bond donors (Lipinski definition) is 1. The first-order valence-corrected chi connectivity index (χ1v) is 6.31. The van der Waals surface area contributed by atoms with Gasteiger partial charge in [-0.25, -0.2) is 0 Å². The van der Waals surface area contributed by atoms with Crippen molar-refractivity contribution in [2.45, 2.75) is 18.8 Å². The summed E-state index contributed by atoms with van der Waals surface area (Å²) in [5.74, 6) is 3.08. The fourth-order valence-electron chi connectivity index (χ4n) is 2.20. The van der Waals surface area contributed by atoms with E-state index >= 15 is 0 Å². The van der Waals surface area contributed by atoms with Crippen LogP contribution in [0.1, 0.15) is 24.6 Å². The van der Waals surface area contributed by atoms with Gasteiger partial charge < -0.3 is 9.47 Å². The van der Waals surface area contributed by atoms with Gasteiger partial charge in [0.2, 0.25) is 6.79 Å². The summed E-state index contributed by atoms with van der Waals surface area (Å²) in [6.45, 7) is 0.283. The smallest absolute Gasteiger partial charge is 0.231 e. The standard InChI is InChI=1S/C12H11N3O2S/c18-12-14-13-11(7-1-2-7)15(12)8-3-4-9-10(5-8)17-6-16-9/h3-5,7H,1-2,6H2,(H,14,18). The minimum absolute atomic E-state index is 0.283. The van der Waals surface area contributed by atoms with Crippen molar-refractivity contribution < 1.29 is 9.47 Å². The lowest BCUT2D eigenvalue weighted by molar-refractivity contribution is 0.174. The van der Waals surface area contributed by atoms with Crippen LogP contribution in [0.5, 0.6) is 11.5 Å². The number of hydrogen-bond acceptors (Lipinski definition) is 4. The van der Waals surface area contributed by atoms with Crippen LogP contribution in [0.2, 0.25) is 0 Å². The van der Waals surface area contributed by atoms with Crippen molar-refractivity contribution in [1.29, 1.82) is 0 Å². The van der Waals surface area contributed by atoms with Crippen molar-refractivity contribution in [1.82, 2.24) is 14.8 Å². The molecule has 0 amide bonds. The molecule has 18 heavy (non-hydrogen) atoms. The molecule has 0 radical (unpaired) electrons. The third kappa shape index (κ3) is 1.45. The summed E-state index contributed by atoms with van der Waals surface area (Å²) in [5, 5.41) is 7.19. The van der Waals surface area contributed by atoms with Crippen LogP contribution < -0.4 is 9.47 Å². The first-order chi connectivity index (χ1) is 8.83. The molecule has 2 aromatic rings. The molecule has 1 aromatic carbocycles. The van der Waals surface area contributed by atoms with Crippen LogP contribution in [-0.2, 0) is 0 Å². The molecular formula is C12H11N3O2S. The summed E-state index contributed by atoms with van der Waals surface area (Å²) in [7, 11) is 0. The zero-order chi connectivity index (χ0) is 12.1. The minimum atomic E-state index is 0.283. The van der Waals surface area contributed by atoms with Gasteiger partial charge in [0.1, 0.15) is 5.82 Å². The summed E-state index contributed by atoms with van der Waals surface area (Å²) < 4.78 is 13.3. The van der Waals surface area contributed by atoms with Gasteiger partial charge in [-0.05, 0) is 37.2 Å². The third-order valence-electron chi connectivity index (χ3n) is 3.26. The van der Waals surface area contributed by atoms with E-state index in [0.717, 1.165) is 23.0 Å². The van der Waals surface area contributed by atoms with E-state index in [1.54, 1.807) is 0 Å². The Labute approximate surface area is 108 Å². The second kappa shape index (κ2) is 3.58. The summed E-state index contributed by atoms with van der Waals surface area (Å²) >= 11 is 5.30. The molecule has 0 bridgehead atoms. The van der Waals surface area contributed by atoms with Gasteiger partial charge in [-0.1, -0.05) is 0 Å². The Morgan fingerprint density at radius 2 is 2.11 bits per heavy atom. The van der Waals surface area contributed by atoms with Crippen LogP contribution in [0.25, 0.3) is 5.69 Å². The first-order valence-electron chi connectivity index (χ1n) is 5.90. The number of benzene rings is 1. The molecule has 2 aliphatic rings. The summed E-state index contributed by atoms with van der Waals surface area (Å²) in [6, 6.07) is 5.83. The number of H-pyrrole nitrogens is 1. The number of fused-ring (bicyclic) bond motifs is 1. The van der Waals surface area contributed by atoms with Gasteiger partial charge in [-0.2, -0.15) is 5.10 Å². The molecule has 1 aliphatic heterocycles. The summed E-state index contributed by atoms with van der Waals surface area (Å²) in [4.78, 5) is 0. The molecule has 1 fully saturated rings. The molecule has 92 valence electrons. The number of nitrogens with zero attached hydrogens (tertiary/aromatic N) is 2. The van der Waals surface area contributed by atoms with E-state index in [1.165, 1.54) is 12.8 Å². The van der Waals surface area contributed by atoms with Gasteiger partial charge in [0.25, 0.3) is 0 Å². The molecule has 0 unspecified atom stereocenters. The van der Waals surface area contributed by atoms with E-state index in [2.05, 4.69) is 10.2 Å². The molecule has 0 atom stereocenters. The van der Waals surface area contributed by atoms with Crippen LogP contribution >= 0.6 is 12.2 Å². The normalized spacial score (nSPS) is 17.1. The fourth-order valence-corrected chi connectivity index (χ4v) is 2.44. The molecule has 1 saturated carbocycles. The highest BCUT2D eigenvalue weighted by Gasteiger charge is 2.29.